The molecule has 0 atom stereocenters. The molecule has 5 aromatic rings. The first kappa shape index (κ1) is 18.9. The Labute approximate surface area is 184 Å². The van der Waals surface area contributed by atoms with E-state index >= 15 is 0 Å². The van der Waals surface area contributed by atoms with Crippen molar-refractivity contribution in [2.24, 2.45) is 0 Å². The summed E-state index contributed by atoms with van der Waals surface area (Å²) in [7, 11) is 0. The summed E-state index contributed by atoms with van der Waals surface area (Å²) in [6.07, 6.45) is 5.52. The standard InChI is InChI=1S/C25H21FN6/c1-15-5-7-19-17(12-15)4-3-11-31-24(18-6-10-22-27-14-28-32(22)13-18)23(30-25(19)31)21-9-8-20(26)16(2)29-21/h5-10,12-14H,3-4,11H2,1-2H3. The molecule has 0 fully saturated rings. The molecule has 0 radical (unpaired) electrons. The molecule has 1 aromatic carbocycles. The van der Waals surface area contributed by atoms with Gasteiger partial charge in [0.2, 0.25) is 0 Å². The van der Waals surface area contributed by atoms with Crippen molar-refractivity contribution < 1.29 is 4.39 Å². The largest absolute Gasteiger partial charge is 0.323 e. The summed E-state index contributed by atoms with van der Waals surface area (Å²) in [6, 6.07) is 13.7. The number of imidazole rings is 1. The molecule has 0 aliphatic carbocycles. The van der Waals surface area contributed by atoms with Gasteiger partial charge in [0.15, 0.2) is 5.65 Å². The molecule has 7 heteroatoms. The molecule has 0 saturated carbocycles. The molecule has 32 heavy (non-hydrogen) atoms. The molecule has 6 rings (SSSR count). The predicted octanol–water partition coefficient (Wildman–Crippen LogP) is 5.02. The minimum Gasteiger partial charge on any atom is -0.323 e. The number of aromatic nitrogens is 6. The molecule has 5 heterocycles. The van der Waals surface area contributed by atoms with Crippen LogP contribution in [-0.4, -0.2) is 29.1 Å². The fourth-order valence-corrected chi connectivity index (χ4v) is 4.56. The summed E-state index contributed by atoms with van der Waals surface area (Å²) in [4.78, 5) is 13.9. The second kappa shape index (κ2) is 7.09. The van der Waals surface area contributed by atoms with Crippen LogP contribution in [0.5, 0.6) is 0 Å². The molecular weight excluding hydrogens is 403 g/mol. The molecule has 158 valence electrons. The van der Waals surface area contributed by atoms with Gasteiger partial charge >= 0.3 is 0 Å². The molecule has 0 saturated heterocycles. The summed E-state index contributed by atoms with van der Waals surface area (Å²) < 4.78 is 18.0. The van der Waals surface area contributed by atoms with E-state index < -0.39 is 0 Å². The van der Waals surface area contributed by atoms with E-state index in [1.54, 1.807) is 23.8 Å². The average molecular weight is 424 g/mol. The Balaban J connectivity index is 1.66. The lowest BCUT2D eigenvalue weighted by Gasteiger charge is -2.11. The Morgan fingerprint density at radius 2 is 1.91 bits per heavy atom. The number of aryl methyl sites for hydroxylation is 3. The Morgan fingerprint density at radius 3 is 2.78 bits per heavy atom. The maximum Gasteiger partial charge on any atom is 0.155 e. The number of halogens is 1. The van der Waals surface area contributed by atoms with Crippen molar-refractivity contribution in [3.63, 3.8) is 0 Å². The molecule has 0 bridgehead atoms. The Bertz CT molecular complexity index is 1500. The SMILES string of the molecule is Cc1ccc2c(c1)CCCn1c-2nc(-c2ccc(F)c(C)n2)c1-c1ccc2ncnn2c1. The maximum absolute atomic E-state index is 14.0. The molecule has 1 aliphatic heterocycles. The molecule has 4 aromatic heterocycles. The third-order valence-electron chi connectivity index (χ3n) is 6.11. The van der Waals surface area contributed by atoms with E-state index in [9.17, 15) is 4.39 Å². The highest BCUT2D eigenvalue weighted by molar-refractivity contribution is 5.81. The fourth-order valence-electron chi connectivity index (χ4n) is 4.56. The van der Waals surface area contributed by atoms with Gasteiger partial charge < -0.3 is 4.57 Å². The van der Waals surface area contributed by atoms with Gasteiger partial charge in [-0.15, -0.1) is 0 Å². The highest BCUT2D eigenvalue weighted by atomic mass is 19.1. The van der Waals surface area contributed by atoms with Gasteiger partial charge in [-0.3, -0.25) is 0 Å². The van der Waals surface area contributed by atoms with Gasteiger partial charge in [0.1, 0.15) is 23.7 Å². The minimum absolute atomic E-state index is 0.319. The second-order valence-electron chi connectivity index (χ2n) is 8.29. The smallest absolute Gasteiger partial charge is 0.155 e. The van der Waals surface area contributed by atoms with Gasteiger partial charge in [-0.2, -0.15) is 5.10 Å². The minimum atomic E-state index is -0.319. The monoisotopic (exact) mass is 424 g/mol. The van der Waals surface area contributed by atoms with Crippen molar-refractivity contribution in [2.45, 2.75) is 33.2 Å². The number of benzene rings is 1. The van der Waals surface area contributed by atoms with Crippen LogP contribution in [0.25, 0.3) is 39.7 Å². The van der Waals surface area contributed by atoms with Crippen molar-refractivity contribution in [3.8, 4) is 34.0 Å². The van der Waals surface area contributed by atoms with Crippen LogP contribution in [0.15, 0.2) is 55.0 Å². The van der Waals surface area contributed by atoms with Crippen LogP contribution >= 0.6 is 0 Å². The molecule has 0 N–H and O–H groups in total. The highest BCUT2D eigenvalue weighted by Gasteiger charge is 2.25. The molecular formula is C25H21FN6. The third kappa shape index (κ3) is 2.92. The van der Waals surface area contributed by atoms with Crippen LogP contribution in [0.1, 0.15) is 23.2 Å². The van der Waals surface area contributed by atoms with Crippen molar-refractivity contribution in [1.29, 1.82) is 0 Å². The van der Waals surface area contributed by atoms with E-state index in [2.05, 4.69) is 44.8 Å². The van der Waals surface area contributed by atoms with Gasteiger partial charge in [-0.1, -0.05) is 23.8 Å². The van der Waals surface area contributed by atoms with Crippen molar-refractivity contribution in [3.05, 3.63) is 77.6 Å². The lowest BCUT2D eigenvalue weighted by Crippen LogP contribution is -2.02. The molecule has 1 aliphatic rings. The van der Waals surface area contributed by atoms with Crippen LogP contribution in [0.3, 0.4) is 0 Å². The lowest BCUT2D eigenvalue weighted by atomic mass is 10.0. The van der Waals surface area contributed by atoms with Crippen LogP contribution in [0, 0.1) is 19.7 Å². The zero-order valence-electron chi connectivity index (χ0n) is 17.9. The van der Waals surface area contributed by atoms with E-state index in [0.717, 1.165) is 53.4 Å². The number of fused-ring (bicyclic) bond motifs is 4. The zero-order valence-corrected chi connectivity index (χ0v) is 17.9. The second-order valence-corrected chi connectivity index (χ2v) is 8.29. The van der Waals surface area contributed by atoms with E-state index in [1.807, 2.05) is 18.3 Å². The lowest BCUT2D eigenvalue weighted by molar-refractivity contribution is 0.610. The van der Waals surface area contributed by atoms with Crippen molar-refractivity contribution in [2.75, 3.05) is 0 Å². The topological polar surface area (TPSA) is 60.9 Å². The summed E-state index contributed by atoms with van der Waals surface area (Å²) >= 11 is 0. The van der Waals surface area contributed by atoms with Gasteiger partial charge in [-0.25, -0.2) is 23.9 Å². The Hall–Kier alpha value is -3.87. The first-order chi connectivity index (χ1) is 15.6. The van der Waals surface area contributed by atoms with Crippen LogP contribution in [0.4, 0.5) is 4.39 Å². The van der Waals surface area contributed by atoms with E-state index in [0.29, 0.717) is 11.4 Å². The van der Waals surface area contributed by atoms with E-state index in [4.69, 9.17) is 4.98 Å². The quantitative estimate of drug-likeness (QED) is 0.399. The Kier molecular flexibility index (Phi) is 4.18. The number of pyridine rings is 2. The summed E-state index contributed by atoms with van der Waals surface area (Å²) in [5.41, 5.74) is 8.17. The van der Waals surface area contributed by atoms with Gasteiger partial charge in [-0.05, 0) is 56.5 Å². The number of nitrogens with zero attached hydrogens (tertiary/aromatic N) is 6. The summed E-state index contributed by atoms with van der Waals surface area (Å²) in [6.45, 7) is 4.63. The van der Waals surface area contributed by atoms with Crippen LogP contribution in [0.2, 0.25) is 0 Å². The van der Waals surface area contributed by atoms with Gasteiger partial charge in [0.25, 0.3) is 0 Å². The maximum atomic E-state index is 14.0. The average Bonchev–Trinajstić information content (AvgIpc) is 3.36. The fraction of sp³-hybridized carbons (Fsp3) is 0.200. The van der Waals surface area contributed by atoms with Crippen molar-refractivity contribution in [1.82, 2.24) is 29.1 Å². The third-order valence-corrected chi connectivity index (χ3v) is 6.11. The van der Waals surface area contributed by atoms with E-state index in [-0.39, 0.29) is 5.82 Å². The molecule has 0 amide bonds. The predicted molar refractivity (Wildman–Crippen MR) is 121 cm³/mol. The highest BCUT2D eigenvalue weighted by Crippen LogP contribution is 2.39. The van der Waals surface area contributed by atoms with Gasteiger partial charge in [0.05, 0.1) is 17.1 Å². The molecule has 0 spiro atoms. The summed E-state index contributed by atoms with van der Waals surface area (Å²) in [5.74, 6) is 0.603. The van der Waals surface area contributed by atoms with Crippen molar-refractivity contribution >= 4 is 5.65 Å². The van der Waals surface area contributed by atoms with E-state index in [1.165, 1.54) is 17.2 Å². The number of hydrogen-bond acceptors (Lipinski definition) is 4. The number of rotatable bonds is 2. The van der Waals surface area contributed by atoms with Gasteiger partial charge in [0, 0.05) is 23.9 Å². The summed E-state index contributed by atoms with van der Waals surface area (Å²) in [5, 5.41) is 4.30. The molecule has 6 nitrogen and oxygen atoms in total. The first-order valence-electron chi connectivity index (χ1n) is 10.7. The molecule has 0 unspecified atom stereocenters. The zero-order chi connectivity index (χ0) is 21.8. The van der Waals surface area contributed by atoms with Crippen LogP contribution in [-0.2, 0) is 13.0 Å². The first-order valence-corrected chi connectivity index (χ1v) is 10.7. The number of hydrogen-bond donors (Lipinski definition) is 0. The Morgan fingerprint density at radius 1 is 1.00 bits per heavy atom. The van der Waals surface area contributed by atoms with Crippen LogP contribution < -0.4 is 0 Å². The normalized spacial score (nSPS) is 13.1.